The third kappa shape index (κ3) is 5.83. The number of hydrogen-bond donors (Lipinski definition) is 1. The molecule has 134 valence electrons. The molecule has 0 aliphatic heterocycles. The minimum Gasteiger partial charge on any atom is -0.493 e. The molecule has 1 amide bonds. The number of terminal acetylenes is 1. The predicted molar refractivity (Wildman–Crippen MR) is 104 cm³/mol. The number of oxime groups is 1. The number of nitrogens with one attached hydrogen (secondary N) is 1. The normalized spacial score (nSPS) is 10.2. The predicted octanol–water partition coefficient (Wildman–Crippen LogP) is 3.46. The van der Waals surface area contributed by atoms with Gasteiger partial charge in [0.1, 0.15) is 6.61 Å². The van der Waals surface area contributed by atoms with Crippen LogP contribution in [0.3, 0.4) is 0 Å². The lowest BCUT2D eigenvalue weighted by Crippen LogP contribution is -2.16. The minimum atomic E-state index is -0.301. The second kappa shape index (κ2) is 10.1. The zero-order valence-electron chi connectivity index (χ0n) is 14.1. The van der Waals surface area contributed by atoms with Crippen molar-refractivity contribution >= 4 is 33.7 Å². The molecule has 0 saturated heterocycles. The van der Waals surface area contributed by atoms with E-state index in [-0.39, 0.29) is 19.1 Å². The van der Waals surface area contributed by atoms with Crippen LogP contribution in [-0.4, -0.2) is 32.4 Å². The lowest BCUT2D eigenvalue weighted by Gasteiger charge is -2.11. The number of nitrogens with zero attached hydrogens (tertiary/aromatic N) is 1. The van der Waals surface area contributed by atoms with Gasteiger partial charge in [0.2, 0.25) is 0 Å². The summed E-state index contributed by atoms with van der Waals surface area (Å²) in [4.78, 5) is 16.8. The molecule has 0 saturated carbocycles. The Morgan fingerprint density at radius 2 is 2.12 bits per heavy atom. The molecule has 2 rings (SSSR count). The standard InChI is InChI=1S/C19H17BrN2O4/c1-3-9-25-19-16(20)10-14(11-17(19)24-2)12-21-26-13-18(23)22-15-7-5-4-6-8-15/h1,4-8,10-12H,9,13H2,2H3,(H,22,23)/b21-12+. The monoisotopic (exact) mass is 416 g/mol. The van der Waals surface area contributed by atoms with Crippen LogP contribution in [0.15, 0.2) is 52.1 Å². The third-order valence-electron chi connectivity index (χ3n) is 3.08. The maximum Gasteiger partial charge on any atom is 0.265 e. The van der Waals surface area contributed by atoms with Crippen molar-refractivity contribution in [3.05, 3.63) is 52.5 Å². The van der Waals surface area contributed by atoms with Gasteiger partial charge in [0, 0.05) is 11.3 Å². The van der Waals surface area contributed by atoms with Gasteiger partial charge < -0.3 is 19.6 Å². The molecule has 0 spiro atoms. The summed E-state index contributed by atoms with van der Waals surface area (Å²) in [6.45, 7) is -0.0743. The van der Waals surface area contributed by atoms with E-state index in [0.717, 1.165) is 0 Å². The van der Waals surface area contributed by atoms with Crippen molar-refractivity contribution in [2.45, 2.75) is 0 Å². The second-order valence-electron chi connectivity index (χ2n) is 4.95. The molecule has 26 heavy (non-hydrogen) atoms. The number of anilines is 1. The first-order valence-corrected chi connectivity index (χ1v) is 8.37. The van der Waals surface area contributed by atoms with E-state index in [2.05, 4.69) is 32.3 Å². The minimum absolute atomic E-state index is 0.127. The SMILES string of the molecule is C#CCOc1c(Br)cc(/C=N/OCC(=O)Nc2ccccc2)cc1OC. The van der Waals surface area contributed by atoms with Crippen LogP contribution in [0.5, 0.6) is 11.5 Å². The summed E-state index contributed by atoms with van der Waals surface area (Å²) in [6, 6.07) is 12.6. The molecule has 0 aliphatic carbocycles. The molecule has 0 fully saturated rings. The fourth-order valence-corrected chi connectivity index (χ4v) is 2.55. The van der Waals surface area contributed by atoms with E-state index < -0.39 is 0 Å². The Kier molecular flexibility index (Phi) is 7.52. The lowest BCUT2D eigenvalue weighted by molar-refractivity contribution is -0.120. The summed E-state index contributed by atoms with van der Waals surface area (Å²) in [5.74, 6) is 3.10. The maximum atomic E-state index is 11.8. The Morgan fingerprint density at radius 3 is 2.81 bits per heavy atom. The number of ether oxygens (including phenoxy) is 2. The van der Waals surface area contributed by atoms with E-state index in [1.165, 1.54) is 13.3 Å². The number of amides is 1. The highest BCUT2D eigenvalue weighted by atomic mass is 79.9. The Morgan fingerprint density at radius 1 is 1.35 bits per heavy atom. The van der Waals surface area contributed by atoms with Gasteiger partial charge in [-0.05, 0) is 40.2 Å². The highest BCUT2D eigenvalue weighted by Gasteiger charge is 2.11. The van der Waals surface area contributed by atoms with E-state index in [1.807, 2.05) is 18.2 Å². The molecule has 6 nitrogen and oxygen atoms in total. The maximum absolute atomic E-state index is 11.8. The van der Waals surface area contributed by atoms with Crippen LogP contribution in [0.1, 0.15) is 5.56 Å². The number of para-hydroxylation sites is 1. The van der Waals surface area contributed by atoms with Gasteiger partial charge in [0.15, 0.2) is 18.1 Å². The molecule has 0 heterocycles. The van der Waals surface area contributed by atoms with Crippen molar-refractivity contribution in [3.63, 3.8) is 0 Å². The van der Waals surface area contributed by atoms with E-state index >= 15 is 0 Å². The summed E-state index contributed by atoms with van der Waals surface area (Å²) in [7, 11) is 1.52. The van der Waals surface area contributed by atoms with Crippen LogP contribution in [0.2, 0.25) is 0 Å². The Balaban J connectivity index is 1.92. The van der Waals surface area contributed by atoms with Crippen molar-refractivity contribution in [2.75, 3.05) is 25.6 Å². The zero-order valence-corrected chi connectivity index (χ0v) is 15.7. The van der Waals surface area contributed by atoms with Crippen LogP contribution in [0, 0.1) is 12.3 Å². The van der Waals surface area contributed by atoms with Crippen LogP contribution < -0.4 is 14.8 Å². The van der Waals surface area contributed by atoms with Crippen molar-refractivity contribution < 1.29 is 19.1 Å². The summed E-state index contributed by atoms with van der Waals surface area (Å²) >= 11 is 3.40. The molecular weight excluding hydrogens is 400 g/mol. The first-order valence-electron chi connectivity index (χ1n) is 7.58. The molecule has 0 aromatic heterocycles. The van der Waals surface area contributed by atoms with Gasteiger partial charge in [-0.2, -0.15) is 0 Å². The average Bonchev–Trinajstić information content (AvgIpc) is 2.65. The highest BCUT2D eigenvalue weighted by molar-refractivity contribution is 9.10. The van der Waals surface area contributed by atoms with Gasteiger partial charge in [0.25, 0.3) is 5.91 Å². The van der Waals surface area contributed by atoms with Crippen LogP contribution >= 0.6 is 15.9 Å². The van der Waals surface area contributed by atoms with Gasteiger partial charge in [-0.3, -0.25) is 4.79 Å². The van der Waals surface area contributed by atoms with Crippen molar-refractivity contribution in [3.8, 4) is 23.8 Å². The number of rotatable bonds is 8. The number of carbonyl (C=O) groups is 1. The van der Waals surface area contributed by atoms with E-state index in [1.54, 1.807) is 24.3 Å². The molecule has 0 radical (unpaired) electrons. The molecule has 7 heteroatoms. The molecule has 2 aromatic carbocycles. The number of methoxy groups -OCH3 is 1. The summed E-state index contributed by atoms with van der Waals surface area (Å²) in [5, 5.41) is 6.49. The van der Waals surface area contributed by atoms with Crippen molar-refractivity contribution in [2.24, 2.45) is 5.16 Å². The van der Waals surface area contributed by atoms with E-state index in [0.29, 0.717) is 27.2 Å². The first-order chi connectivity index (χ1) is 12.6. The Hall–Kier alpha value is -2.98. The summed E-state index contributed by atoms with van der Waals surface area (Å²) in [5.41, 5.74) is 1.39. The molecule has 1 N–H and O–H groups in total. The smallest absolute Gasteiger partial charge is 0.265 e. The fraction of sp³-hybridized carbons (Fsp3) is 0.158. The van der Waals surface area contributed by atoms with Gasteiger partial charge >= 0.3 is 0 Å². The molecular formula is C19H17BrN2O4. The van der Waals surface area contributed by atoms with Gasteiger partial charge in [0.05, 0.1) is 17.8 Å². The quantitative estimate of drug-likeness (QED) is 0.406. The van der Waals surface area contributed by atoms with Crippen LogP contribution in [0.25, 0.3) is 0 Å². The Bertz CT molecular complexity index is 816. The van der Waals surface area contributed by atoms with Gasteiger partial charge in [-0.1, -0.05) is 29.3 Å². The fourth-order valence-electron chi connectivity index (χ4n) is 1.98. The third-order valence-corrected chi connectivity index (χ3v) is 3.67. The van der Waals surface area contributed by atoms with Gasteiger partial charge in [-0.25, -0.2) is 0 Å². The number of carbonyl (C=O) groups excluding carboxylic acids is 1. The molecule has 0 bridgehead atoms. The van der Waals surface area contributed by atoms with Crippen molar-refractivity contribution in [1.82, 2.24) is 0 Å². The second-order valence-corrected chi connectivity index (χ2v) is 5.80. The Labute approximate surface area is 160 Å². The topological polar surface area (TPSA) is 69.2 Å². The largest absolute Gasteiger partial charge is 0.493 e. The number of benzene rings is 2. The van der Waals surface area contributed by atoms with E-state index in [4.69, 9.17) is 20.7 Å². The number of hydrogen-bond acceptors (Lipinski definition) is 5. The summed E-state index contributed by atoms with van der Waals surface area (Å²) < 4.78 is 11.4. The molecule has 0 aliphatic rings. The molecule has 0 unspecified atom stereocenters. The van der Waals surface area contributed by atoms with Crippen molar-refractivity contribution in [1.29, 1.82) is 0 Å². The molecule has 2 aromatic rings. The lowest BCUT2D eigenvalue weighted by atomic mass is 10.2. The average molecular weight is 417 g/mol. The molecule has 0 atom stereocenters. The summed E-state index contributed by atoms with van der Waals surface area (Å²) in [6.07, 6.45) is 6.67. The van der Waals surface area contributed by atoms with Crippen LogP contribution in [-0.2, 0) is 9.63 Å². The highest BCUT2D eigenvalue weighted by Crippen LogP contribution is 2.36. The van der Waals surface area contributed by atoms with Gasteiger partial charge in [-0.15, -0.1) is 6.42 Å². The zero-order chi connectivity index (χ0) is 18.8. The number of halogens is 1. The first kappa shape index (κ1) is 19.3. The van der Waals surface area contributed by atoms with E-state index in [9.17, 15) is 4.79 Å². The van der Waals surface area contributed by atoms with Crippen LogP contribution in [0.4, 0.5) is 5.69 Å².